The number of benzene rings is 3. The highest BCUT2D eigenvalue weighted by Crippen LogP contribution is 2.50. The molecule has 0 aliphatic carbocycles. The molecule has 2 bridgehead atoms. The van der Waals surface area contributed by atoms with E-state index < -0.39 is 35.3 Å². The quantitative estimate of drug-likeness (QED) is 0.162. The number of aliphatic hydroxyl groups excluding tert-OH is 1. The molecule has 0 amide bonds. The Morgan fingerprint density at radius 1 is 0.980 bits per heavy atom. The second-order valence-corrected chi connectivity index (χ2v) is 12.5. The molecule has 2 fully saturated rings. The number of methoxy groups -OCH3 is 2. The molecule has 0 saturated carbocycles. The van der Waals surface area contributed by atoms with Crippen LogP contribution in [-0.2, 0) is 15.1 Å². The van der Waals surface area contributed by atoms with Gasteiger partial charge in [0.15, 0.2) is 6.23 Å². The molecule has 12 nitrogen and oxygen atoms in total. The van der Waals surface area contributed by atoms with E-state index in [0.717, 1.165) is 16.7 Å². The van der Waals surface area contributed by atoms with E-state index in [4.69, 9.17) is 36.3 Å². The molecule has 13 heteroatoms. The van der Waals surface area contributed by atoms with Crippen LogP contribution in [0.1, 0.15) is 28.5 Å². The summed E-state index contributed by atoms with van der Waals surface area (Å²) in [7, 11) is 3.23. The van der Waals surface area contributed by atoms with Crippen LogP contribution in [0.25, 0.3) is 0 Å². The number of hydrogen-bond donors (Lipinski definition) is 2. The number of nitrogen functional groups attached to an aromatic ring is 1. The first-order valence-corrected chi connectivity index (χ1v) is 16.0. The Morgan fingerprint density at radius 3 is 2.18 bits per heavy atom. The zero-order valence-electron chi connectivity index (χ0n) is 27.1. The molecule has 5 aromatic rings. The van der Waals surface area contributed by atoms with Crippen molar-refractivity contribution in [2.75, 3.05) is 38.0 Å². The third-order valence-corrected chi connectivity index (χ3v) is 9.58. The van der Waals surface area contributed by atoms with Gasteiger partial charge in [-0.3, -0.25) is 4.57 Å². The standard InChI is InChI=1S/C36H35ClN6O6/c1-22-18-42(34(45)41-32(22)38)33-30-31(44)35(49-33,19-43(30)29-17-28(37)39-21-40-29)20-48-36(23-7-5-4-6-8-23,24-9-13-26(46-2)14-10-24)25-11-15-27(47-3)16-12-25/h4-18,21,30-31,33,44H,19-20H2,1-3H3,(H2,38,41,45)/t30-,31+,33-,35-/m1/s1. The lowest BCUT2D eigenvalue weighted by Gasteiger charge is -2.41. The highest BCUT2D eigenvalue weighted by atomic mass is 35.5. The van der Waals surface area contributed by atoms with E-state index in [2.05, 4.69) is 15.0 Å². The summed E-state index contributed by atoms with van der Waals surface area (Å²) in [5.41, 5.74) is 5.88. The Kier molecular flexibility index (Phi) is 8.49. The van der Waals surface area contributed by atoms with Crippen LogP contribution in [0.15, 0.2) is 102 Å². The first-order valence-electron chi connectivity index (χ1n) is 15.6. The lowest BCUT2D eigenvalue weighted by atomic mass is 9.79. The summed E-state index contributed by atoms with van der Waals surface area (Å²) < 4.78 is 26.2. The molecular formula is C36H35ClN6O6. The highest BCUT2D eigenvalue weighted by Gasteiger charge is 2.65. The number of rotatable bonds is 10. The third-order valence-electron chi connectivity index (χ3n) is 9.38. The Hall–Kier alpha value is -5.01. The largest absolute Gasteiger partial charge is 0.497 e. The molecule has 2 saturated heterocycles. The Balaban J connectivity index is 1.37. The van der Waals surface area contributed by atoms with Gasteiger partial charge in [0.05, 0.1) is 27.4 Å². The molecule has 0 unspecified atom stereocenters. The van der Waals surface area contributed by atoms with Crippen LogP contribution in [0.2, 0.25) is 5.15 Å². The molecule has 7 rings (SSSR count). The average Bonchev–Trinajstić information content (AvgIpc) is 3.57. The lowest BCUT2D eigenvalue weighted by Crippen LogP contribution is -2.51. The SMILES string of the molecule is COc1ccc(C(OC[C@@]23CN(c4cc(Cl)ncn4)[C@@H]([C@H](n4cc(C)c(N)nc4=O)O2)[C@@H]3O)(c2ccccc2)c2ccc(OC)cc2)cc1. The van der Waals surface area contributed by atoms with Crippen LogP contribution in [0.4, 0.5) is 11.6 Å². The van der Waals surface area contributed by atoms with Crippen molar-refractivity contribution in [1.82, 2.24) is 19.5 Å². The molecule has 4 atom stereocenters. The minimum Gasteiger partial charge on any atom is -0.497 e. The van der Waals surface area contributed by atoms with Crippen molar-refractivity contribution in [3.05, 3.63) is 135 Å². The molecule has 2 aromatic heterocycles. The normalized spacial score (nSPS) is 21.6. The zero-order chi connectivity index (χ0) is 34.3. The summed E-state index contributed by atoms with van der Waals surface area (Å²) in [5.74, 6) is 1.96. The topological polar surface area (TPSA) is 147 Å². The van der Waals surface area contributed by atoms with Crippen LogP contribution in [-0.4, -0.2) is 69.7 Å². The number of aryl methyl sites for hydroxylation is 1. The summed E-state index contributed by atoms with van der Waals surface area (Å²) in [6.45, 7) is 1.83. The van der Waals surface area contributed by atoms with Gasteiger partial charge in [-0.2, -0.15) is 4.98 Å². The monoisotopic (exact) mass is 682 g/mol. The first kappa shape index (κ1) is 32.5. The van der Waals surface area contributed by atoms with Gasteiger partial charge in [0, 0.05) is 17.8 Å². The van der Waals surface area contributed by atoms with Crippen LogP contribution < -0.4 is 25.8 Å². The fraction of sp³-hybridized carbons (Fsp3) is 0.278. The molecule has 4 heterocycles. The first-order chi connectivity index (χ1) is 23.7. The predicted octanol–water partition coefficient (Wildman–Crippen LogP) is 4.12. The predicted molar refractivity (Wildman–Crippen MR) is 183 cm³/mol. The summed E-state index contributed by atoms with van der Waals surface area (Å²) in [6, 6.07) is 26.0. The van der Waals surface area contributed by atoms with E-state index in [1.165, 1.54) is 10.9 Å². The van der Waals surface area contributed by atoms with E-state index in [1.807, 2.05) is 83.8 Å². The molecular weight excluding hydrogens is 648 g/mol. The van der Waals surface area contributed by atoms with Crippen molar-refractivity contribution in [2.24, 2.45) is 0 Å². The average molecular weight is 683 g/mol. The summed E-state index contributed by atoms with van der Waals surface area (Å²) in [5, 5.41) is 12.4. The van der Waals surface area contributed by atoms with Gasteiger partial charge in [-0.25, -0.2) is 14.8 Å². The highest BCUT2D eigenvalue weighted by molar-refractivity contribution is 6.29. The maximum absolute atomic E-state index is 13.2. The minimum atomic E-state index is -1.33. The maximum Gasteiger partial charge on any atom is 0.351 e. The zero-order valence-corrected chi connectivity index (χ0v) is 27.8. The van der Waals surface area contributed by atoms with Crippen molar-refractivity contribution in [1.29, 1.82) is 0 Å². The van der Waals surface area contributed by atoms with Crippen LogP contribution in [0.5, 0.6) is 11.5 Å². The van der Waals surface area contributed by atoms with Crippen molar-refractivity contribution in [3.63, 3.8) is 0 Å². The number of fused-ring (bicyclic) bond motifs is 2. The lowest BCUT2D eigenvalue weighted by molar-refractivity contribution is -0.159. The number of morpholine rings is 1. The Labute approximate surface area is 287 Å². The fourth-order valence-electron chi connectivity index (χ4n) is 6.86. The van der Waals surface area contributed by atoms with E-state index >= 15 is 0 Å². The molecule has 49 heavy (non-hydrogen) atoms. The van der Waals surface area contributed by atoms with Gasteiger partial charge in [0.1, 0.15) is 58.0 Å². The van der Waals surface area contributed by atoms with Gasteiger partial charge in [-0.15, -0.1) is 0 Å². The molecule has 0 radical (unpaired) electrons. The van der Waals surface area contributed by atoms with E-state index in [0.29, 0.717) is 22.9 Å². The number of hydrogen-bond acceptors (Lipinski definition) is 11. The summed E-state index contributed by atoms with van der Waals surface area (Å²) in [6.07, 6.45) is 0.847. The van der Waals surface area contributed by atoms with Crippen molar-refractivity contribution < 1.29 is 24.1 Å². The second-order valence-electron chi connectivity index (χ2n) is 12.1. The van der Waals surface area contributed by atoms with E-state index in [9.17, 15) is 9.90 Å². The van der Waals surface area contributed by atoms with Gasteiger partial charge in [0.2, 0.25) is 0 Å². The molecule has 3 N–H and O–H groups in total. The van der Waals surface area contributed by atoms with Crippen molar-refractivity contribution in [3.8, 4) is 11.5 Å². The molecule has 3 aromatic carbocycles. The van der Waals surface area contributed by atoms with Gasteiger partial charge >= 0.3 is 5.69 Å². The summed E-state index contributed by atoms with van der Waals surface area (Å²) >= 11 is 6.29. The van der Waals surface area contributed by atoms with Gasteiger partial charge in [0.25, 0.3) is 0 Å². The third kappa shape index (κ3) is 5.56. The maximum atomic E-state index is 13.2. The van der Waals surface area contributed by atoms with Gasteiger partial charge < -0.3 is 34.7 Å². The Bertz CT molecular complexity index is 1960. The number of ether oxygens (including phenoxy) is 4. The molecule has 2 aliphatic heterocycles. The number of halogens is 1. The van der Waals surface area contributed by atoms with Crippen molar-refractivity contribution >= 4 is 23.2 Å². The smallest absolute Gasteiger partial charge is 0.351 e. The van der Waals surface area contributed by atoms with Crippen LogP contribution >= 0.6 is 11.6 Å². The summed E-state index contributed by atoms with van der Waals surface area (Å²) in [4.78, 5) is 27.6. The number of nitrogens with zero attached hydrogens (tertiary/aromatic N) is 5. The van der Waals surface area contributed by atoms with Gasteiger partial charge in [-0.05, 0) is 47.9 Å². The number of aliphatic hydroxyl groups is 1. The fourth-order valence-corrected chi connectivity index (χ4v) is 7.00. The van der Waals surface area contributed by atoms with Crippen LogP contribution in [0, 0.1) is 6.92 Å². The molecule has 0 spiro atoms. The van der Waals surface area contributed by atoms with Crippen molar-refractivity contribution in [2.45, 2.75) is 36.5 Å². The number of aromatic nitrogens is 4. The van der Waals surface area contributed by atoms with E-state index in [1.54, 1.807) is 33.4 Å². The second kappa shape index (κ2) is 12.8. The number of anilines is 2. The van der Waals surface area contributed by atoms with E-state index in [-0.39, 0.29) is 24.1 Å². The van der Waals surface area contributed by atoms with Crippen LogP contribution in [0.3, 0.4) is 0 Å². The molecule has 252 valence electrons. The Morgan fingerprint density at radius 2 is 1.59 bits per heavy atom. The molecule has 2 aliphatic rings. The minimum absolute atomic E-state index is 0.0977. The van der Waals surface area contributed by atoms with Gasteiger partial charge in [-0.1, -0.05) is 66.2 Å². The number of nitrogens with two attached hydrogens (primary N) is 1.